The Labute approximate surface area is 169 Å². The molecule has 1 aliphatic carbocycles. The summed E-state index contributed by atoms with van der Waals surface area (Å²) in [5, 5.41) is 4.82. The normalized spacial score (nSPS) is 20.0. The zero-order valence-corrected chi connectivity index (χ0v) is 17.5. The molecule has 0 aromatic heterocycles. The second kappa shape index (κ2) is 8.26. The van der Waals surface area contributed by atoms with Gasteiger partial charge in [0.2, 0.25) is 0 Å². The van der Waals surface area contributed by atoms with Crippen molar-refractivity contribution < 1.29 is 27.5 Å². The number of esters is 2. The van der Waals surface area contributed by atoms with E-state index in [1.807, 2.05) is 0 Å². The van der Waals surface area contributed by atoms with Crippen molar-refractivity contribution in [2.24, 2.45) is 16.4 Å². The molecular formula is C19H23N3O6S. The Hall–Kier alpha value is -2.84. The minimum atomic E-state index is -3.87. The standard InChI is InChI=1S/C19H23N3O6S/c1-18(2,21-22-20)15-11-19(16(23)27-3,17(24)28-4)10-13(15)12-29(25,26)14-8-6-5-7-9-14/h5-9,12,15H,10-11H2,1-4H3/b13-12+. The molecule has 0 heterocycles. The summed E-state index contributed by atoms with van der Waals surface area (Å²) in [7, 11) is -1.58. The first kappa shape index (κ1) is 22.4. The molecule has 156 valence electrons. The first-order valence-electron chi connectivity index (χ1n) is 8.78. The van der Waals surface area contributed by atoms with Crippen LogP contribution in [0.1, 0.15) is 26.7 Å². The van der Waals surface area contributed by atoms with Crippen LogP contribution in [0.4, 0.5) is 0 Å². The van der Waals surface area contributed by atoms with Gasteiger partial charge in [0.15, 0.2) is 15.3 Å². The first-order chi connectivity index (χ1) is 13.5. The van der Waals surface area contributed by atoms with Gasteiger partial charge < -0.3 is 9.47 Å². The van der Waals surface area contributed by atoms with Gasteiger partial charge in [-0.05, 0) is 36.4 Å². The van der Waals surface area contributed by atoms with Crippen molar-refractivity contribution in [3.63, 3.8) is 0 Å². The fraction of sp³-hybridized carbons (Fsp3) is 0.474. The summed E-state index contributed by atoms with van der Waals surface area (Å²) in [6, 6.07) is 7.77. The van der Waals surface area contributed by atoms with Crippen LogP contribution in [0.25, 0.3) is 10.4 Å². The molecule has 0 amide bonds. The number of carbonyl (C=O) groups excluding carboxylic acids is 2. The smallest absolute Gasteiger partial charge is 0.323 e. The van der Waals surface area contributed by atoms with Gasteiger partial charge in [0.1, 0.15) is 0 Å². The minimum Gasteiger partial charge on any atom is -0.468 e. The highest BCUT2D eigenvalue weighted by atomic mass is 32.2. The van der Waals surface area contributed by atoms with E-state index in [1.54, 1.807) is 32.0 Å². The topological polar surface area (TPSA) is 136 Å². The molecule has 0 spiro atoms. The van der Waals surface area contributed by atoms with Crippen molar-refractivity contribution in [3.05, 3.63) is 51.8 Å². The number of benzene rings is 1. The van der Waals surface area contributed by atoms with Crippen LogP contribution in [0.5, 0.6) is 0 Å². The highest BCUT2D eigenvalue weighted by Crippen LogP contribution is 2.52. The van der Waals surface area contributed by atoms with Crippen molar-refractivity contribution >= 4 is 21.8 Å². The lowest BCUT2D eigenvalue weighted by molar-refractivity contribution is -0.168. The Morgan fingerprint density at radius 3 is 2.24 bits per heavy atom. The molecule has 0 bridgehead atoms. The molecule has 29 heavy (non-hydrogen) atoms. The third-order valence-electron chi connectivity index (χ3n) is 5.19. The van der Waals surface area contributed by atoms with E-state index in [-0.39, 0.29) is 17.7 Å². The zero-order valence-electron chi connectivity index (χ0n) is 16.7. The van der Waals surface area contributed by atoms with E-state index >= 15 is 0 Å². The lowest BCUT2D eigenvalue weighted by Crippen LogP contribution is -2.40. The van der Waals surface area contributed by atoms with Crippen molar-refractivity contribution in [1.29, 1.82) is 0 Å². The number of nitrogens with zero attached hydrogens (tertiary/aromatic N) is 3. The van der Waals surface area contributed by atoms with Crippen LogP contribution >= 0.6 is 0 Å². The van der Waals surface area contributed by atoms with E-state index < -0.39 is 38.6 Å². The number of azide groups is 1. The minimum absolute atomic E-state index is 0.0708. The maximum absolute atomic E-state index is 12.9. The van der Waals surface area contributed by atoms with Gasteiger partial charge in [-0.25, -0.2) is 8.42 Å². The monoisotopic (exact) mass is 421 g/mol. The Morgan fingerprint density at radius 2 is 1.76 bits per heavy atom. The van der Waals surface area contributed by atoms with E-state index in [0.717, 1.165) is 19.6 Å². The lowest BCUT2D eigenvalue weighted by atomic mass is 9.80. The van der Waals surface area contributed by atoms with E-state index in [2.05, 4.69) is 10.0 Å². The summed E-state index contributed by atoms with van der Waals surface area (Å²) < 4.78 is 35.4. The van der Waals surface area contributed by atoms with Crippen LogP contribution in [0, 0.1) is 11.3 Å². The number of rotatable bonds is 6. The predicted octanol–water partition coefficient (Wildman–Crippen LogP) is 3.18. The Morgan fingerprint density at radius 1 is 1.21 bits per heavy atom. The maximum atomic E-state index is 12.9. The Balaban J connectivity index is 2.67. The Kier molecular flexibility index (Phi) is 6.40. The van der Waals surface area contributed by atoms with Gasteiger partial charge in [-0.1, -0.05) is 42.7 Å². The number of methoxy groups -OCH3 is 2. The molecule has 0 saturated heterocycles. The van der Waals surface area contributed by atoms with Crippen molar-refractivity contribution in [2.45, 2.75) is 37.1 Å². The van der Waals surface area contributed by atoms with Gasteiger partial charge in [0.05, 0.1) is 19.1 Å². The highest BCUT2D eigenvalue weighted by molar-refractivity contribution is 7.94. The summed E-state index contributed by atoms with van der Waals surface area (Å²) in [5.74, 6) is -2.35. The quantitative estimate of drug-likeness (QED) is 0.227. The number of carbonyl (C=O) groups is 2. The van der Waals surface area contributed by atoms with Gasteiger partial charge in [0.25, 0.3) is 0 Å². The molecule has 10 heteroatoms. The van der Waals surface area contributed by atoms with E-state index in [0.29, 0.717) is 5.57 Å². The predicted molar refractivity (Wildman–Crippen MR) is 104 cm³/mol. The fourth-order valence-electron chi connectivity index (χ4n) is 3.70. The highest BCUT2D eigenvalue weighted by Gasteiger charge is 2.58. The second-order valence-corrected chi connectivity index (χ2v) is 9.19. The molecule has 0 aliphatic heterocycles. The van der Waals surface area contributed by atoms with Crippen LogP contribution < -0.4 is 0 Å². The van der Waals surface area contributed by atoms with Crippen LogP contribution in [0.2, 0.25) is 0 Å². The molecule has 0 N–H and O–H groups in total. The molecule has 1 aromatic rings. The van der Waals surface area contributed by atoms with Crippen LogP contribution in [-0.2, 0) is 28.9 Å². The molecule has 9 nitrogen and oxygen atoms in total. The van der Waals surface area contributed by atoms with E-state index in [9.17, 15) is 18.0 Å². The summed E-state index contributed by atoms with van der Waals surface area (Å²) in [4.78, 5) is 28.0. The molecule has 2 rings (SSSR count). The second-order valence-electron chi connectivity index (χ2n) is 7.39. The molecular weight excluding hydrogens is 398 g/mol. The third kappa shape index (κ3) is 4.28. The van der Waals surface area contributed by atoms with E-state index in [4.69, 9.17) is 15.0 Å². The van der Waals surface area contributed by atoms with Gasteiger partial charge in [-0.3, -0.25) is 9.59 Å². The third-order valence-corrected chi connectivity index (χ3v) is 6.73. The molecule has 1 atom stereocenters. The average Bonchev–Trinajstić information content (AvgIpc) is 3.08. The van der Waals surface area contributed by atoms with Gasteiger partial charge in [-0.15, -0.1) is 0 Å². The largest absolute Gasteiger partial charge is 0.468 e. The molecule has 1 aliphatic rings. The molecule has 1 aromatic carbocycles. The number of sulfone groups is 1. The van der Waals surface area contributed by atoms with Crippen LogP contribution in [0.3, 0.4) is 0 Å². The lowest BCUT2D eigenvalue weighted by Gasteiger charge is -2.29. The Bertz CT molecular complexity index is 962. The van der Waals surface area contributed by atoms with E-state index in [1.165, 1.54) is 12.1 Å². The zero-order chi connectivity index (χ0) is 21.9. The average molecular weight is 421 g/mol. The molecule has 1 saturated carbocycles. The fourth-order valence-corrected chi connectivity index (χ4v) is 5.02. The van der Waals surface area contributed by atoms with Gasteiger partial charge in [-0.2, -0.15) is 0 Å². The molecule has 1 unspecified atom stereocenters. The number of hydrogen-bond acceptors (Lipinski definition) is 7. The summed E-state index contributed by atoms with van der Waals surface area (Å²) >= 11 is 0. The SMILES string of the molecule is COC(=O)C1(C(=O)OC)C/C(=C\S(=O)(=O)c2ccccc2)C(C(C)(C)N=[N+]=[N-])C1. The van der Waals surface area contributed by atoms with Crippen LogP contribution in [0.15, 0.2) is 51.3 Å². The van der Waals surface area contributed by atoms with Crippen LogP contribution in [-0.4, -0.2) is 40.1 Å². The van der Waals surface area contributed by atoms with Gasteiger partial charge >= 0.3 is 11.9 Å². The molecule has 0 radical (unpaired) electrons. The van der Waals surface area contributed by atoms with Crippen molar-refractivity contribution in [2.75, 3.05) is 14.2 Å². The maximum Gasteiger partial charge on any atom is 0.323 e. The van der Waals surface area contributed by atoms with Crippen molar-refractivity contribution in [1.82, 2.24) is 0 Å². The number of ether oxygens (including phenoxy) is 2. The molecule has 1 fully saturated rings. The summed E-state index contributed by atoms with van der Waals surface area (Å²) in [5.41, 5.74) is 6.42. The summed E-state index contributed by atoms with van der Waals surface area (Å²) in [6.07, 6.45) is -0.317. The van der Waals surface area contributed by atoms with Gasteiger partial charge in [0, 0.05) is 15.9 Å². The van der Waals surface area contributed by atoms with Crippen molar-refractivity contribution in [3.8, 4) is 0 Å². The number of hydrogen-bond donors (Lipinski definition) is 0. The first-order valence-corrected chi connectivity index (χ1v) is 10.3. The summed E-state index contributed by atoms with van der Waals surface area (Å²) in [6.45, 7) is 3.23.